The lowest BCUT2D eigenvalue weighted by Crippen LogP contribution is -2.44. The fourth-order valence-electron chi connectivity index (χ4n) is 4.57. The Kier molecular flexibility index (Phi) is 4.54. The van der Waals surface area contributed by atoms with Crippen LogP contribution in [0.3, 0.4) is 0 Å². The van der Waals surface area contributed by atoms with Crippen LogP contribution in [0.2, 0.25) is 0 Å². The molecule has 2 aromatic heterocycles. The molecular formula is C20H26N4O4S. The molecule has 0 saturated heterocycles. The summed E-state index contributed by atoms with van der Waals surface area (Å²) in [4.78, 5) is 12.5. The van der Waals surface area contributed by atoms with Gasteiger partial charge < -0.3 is 15.6 Å². The van der Waals surface area contributed by atoms with Crippen molar-refractivity contribution in [1.82, 2.24) is 14.4 Å². The van der Waals surface area contributed by atoms with Crippen molar-refractivity contribution in [2.45, 2.75) is 74.6 Å². The number of nitrogens with one attached hydrogen (secondary N) is 1. The number of aromatic nitrogens is 2. The Hall–Kier alpha value is -2.13. The summed E-state index contributed by atoms with van der Waals surface area (Å²) in [5.74, 6) is 0.899. The third-order valence-corrected chi connectivity index (χ3v) is 8.66. The van der Waals surface area contributed by atoms with Gasteiger partial charge in [-0.2, -0.15) is 0 Å². The number of nitrogens with zero attached hydrogens (tertiary/aromatic N) is 2. The van der Waals surface area contributed by atoms with E-state index >= 15 is 0 Å². The van der Waals surface area contributed by atoms with E-state index in [0.29, 0.717) is 31.6 Å². The minimum absolute atomic E-state index is 0.106. The van der Waals surface area contributed by atoms with Crippen LogP contribution in [0.5, 0.6) is 0 Å². The van der Waals surface area contributed by atoms with Crippen LogP contribution in [0.15, 0.2) is 22.7 Å². The van der Waals surface area contributed by atoms with E-state index in [4.69, 9.17) is 10.3 Å². The number of hydrogen-bond acceptors (Lipinski definition) is 6. The minimum Gasteiger partial charge on any atom is -0.360 e. The van der Waals surface area contributed by atoms with Gasteiger partial charge in [-0.15, -0.1) is 0 Å². The molecule has 0 radical (unpaired) electrons. The highest BCUT2D eigenvalue weighted by Crippen LogP contribution is 2.40. The second-order valence-electron chi connectivity index (χ2n) is 8.63. The van der Waals surface area contributed by atoms with E-state index in [0.717, 1.165) is 42.8 Å². The summed E-state index contributed by atoms with van der Waals surface area (Å²) in [5.41, 5.74) is 7.68. The van der Waals surface area contributed by atoms with Crippen LogP contribution in [0.1, 0.15) is 72.1 Å². The summed E-state index contributed by atoms with van der Waals surface area (Å²) in [5, 5.41) is 6.49. The summed E-state index contributed by atoms with van der Waals surface area (Å²) in [7, 11) is -3.45. The molecule has 2 aliphatic carbocycles. The van der Waals surface area contributed by atoms with Gasteiger partial charge in [0.2, 0.25) is 10.0 Å². The van der Waals surface area contributed by atoms with Crippen LogP contribution >= 0.6 is 0 Å². The average molecular weight is 419 g/mol. The van der Waals surface area contributed by atoms with E-state index in [9.17, 15) is 13.2 Å². The lowest BCUT2D eigenvalue weighted by molar-refractivity contribution is 0.0926. The first-order valence-corrected chi connectivity index (χ1v) is 11.9. The molecule has 2 bridgehead atoms. The van der Waals surface area contributed by atoms with Gasteiger partial charge in [0.05, 0.1) is 5.25 Å². The standard InChI is InChI=1S/C20H26N4O4S/c21-13-3-7-17(8-4-13)29(26,27)24-15-5-6-16(24)10-14(9-15)22-20(25)18-11-19(28-23-18)12-1-2-12/h5-6,11-14,17H,1-4,7-10,21H2,(H,22,25). The molecule has 0 atom stereocenters. The van der Waals surface area contributed by atoms with Crippen molar-refractivity contribution in [3.8, 4) is 0 Å². The maximum atomic E-state index is 13.2. The molecule has 3 heterocycles. The van der Waals surface area contributed by atoms with Crippen LogP contribution in [-0.4, -0.2) is 40.8 Å². The van der Waals surface area contributed by atoms with E-state index in [1.54, 1.807) is 6.07 Å². The molecule has 1 aliphatic heterocycles. The molecule has 8 nitrogen and oxygen atoms in total. The topological polar surface area (TPSA) is 120 Å². The van der Waals surface area contributed by atoms with Crippen LogP contribution in [0.4, 0.5) is 0 Å². The average Bonchev–Trinajstić information content (AvgIpc) is 3.34. The number of fused-ring (bicyclic) bond motifs is 2. The van der Waals surface area contributed by atoms with Crippen LogP contribution in [0, 0.1) is 0 Å². The number of hydrogen-bond donors (Lipinski definition) is 2. The van der Waals surface area contributed by atoms with Crippen molar-refractivity contribution in [3.63, 3.8) is 0 Å². The van der Waals surface area contributed by atoms with Crippen molar-refractivity contribution in [1.29, 1.82) is 0 Å². The van der Waals surface area contributed by atoms with E-state index in [2.05, 4.69) is 10.5 Å². The Labute approximate surface area is 169 Å². The molecule has 2 aromatic rings. The number of carbonyl (C=O) groups is 1. The van der Waals surface area contributed by atoms with Crippen LogP contribution in [0.25, 0.3) is 0 Å². The maximum absolute atomic E-state index is 13.2. The maximum Gasteiger partial charge on any atom is 0.273 e. The van der Waals surface area contributed by atoms with Gasteiger partial charge in [-0.1, -0.05) is 5.16 Å². The van der Waals surface area contributed by atoms with Crippen molar-refractivity contribution >= 4 is 15.9 Å². The third-order valence-electron chi connectivity index (χ3n) is 6.37. The van der Waals surface area contributed by atoms with Crippen molar-refractivity contribution in [2.24, 2.45) is 5.73 Å². The first-order chi connectivity index (χ1) is 13.9. The van der Waals surface area contributed by atoms with Crippen LogP contribution in [-0.2, 0) is 22.9 Å². The molecule has 0 spiro atoms. The van der Waals surface area contributed by atoms with Gasteiger partial charge in [-0.3, -0.25) is 4.79 Å². The minimum atomic E-state index is -3.45. The smallest absolute Gasteiger partial charge is 0.273 e. The summed E-state index contributed by atoms with van der Waals surface area (Å²) < 4.78 is 33.2. The predicted octanol–water partition coefficient (Wildman–Crippen LogP) is 1.70. The summed E-state index contributed by atoms with van der Waals surface area (Å²) in [6, 6.07) is 5.38. The number of nitrogens with two attached hydrogens (primary N) is 1. The first-order valence-electron chi connectivity index (χ1n) is 10.4. The monoisotopic (exact) mass is 418 g/mol. The molecule has 0 aromatic carbocycles. The molecule has 3 aliphatic rings. The summed E-state index contributed by atoms with van der Waals surface area (Å²) in [6.45, 7) is 0. The van der Waals surface area contributed by atoms with Crippen molar-refractivity contribution in [3.05, 3.63) is 41.0 Å². The molecule has 1 amide bonds. The fraction of sp³-hybridized carbons (Fsp3) is 0.600. The highest BCUT2D eigenvalue weighted by Gasteiger charge is 2.36. The molecule has 156 valence electrons. The van der Waals surface area contributed by atoms with Crippen molar-refractivity contribution in [2.75, 3.05) is 0 Å². The Morgan fingerprint density at radius 3 is 2.38 bits per heavy atom. The van der Waals surface area contributed by atoms with Gasteiger partial charge in [0.15, 0.2) is 5.69 Å². The molecular weight excluding hydrogens is 392 g/mol. The normalized spacial score (nSPS) is 25.1. The fourth-order valence-corrected chi connectivity index (χ4v) is 6.66. The van der Waals surface area contributed by atoms with Gasteiger partial charge in [0.25, 0.3) is 5.91 Å². The van der Waals surface area contributed by atoms with E-state index < -0.39 is 10.0 Å². The highest BCUT2D eigenvalue weighted by molar-refractivity contribution is 7.90. The van der Waals surface area contributed by atoms with Gasteiger partial charge in [0, 0.05) is 48.3 Å². The molecule has 5 rings (SSSR count). The zero-order valence-electron chi connectivity index (χ0n) is 16.2. The summed E-state index contributed by atoms with van der Waals surface area (Å²) in [6.07, 6.45) is 5.82. The molecule has 29 heavy (non-hydrogen) atoms. The Morgan fingerprint density at radius 2 is 1.76 bits per heavy atom. The number of rotatable bonds is 5. The molecule has 0 unspecified atom stereocenters. The largest absolute Gasteiger partial charge is 0.360 e. The second kappa shape index (κ2) is 6.98. The Bertz CT molecular complexity index is 1010. The quantitative estimate of drug-likeness (QED) is 0.762. The van der Waals surface area contributed by atoms with Gasteiger partial charge in [0.1, 0.15) is 5.76 Å². The van der Waals surface area contributed by atoms with Crippen molar-refractivity contribution < 1.29 is 17.7 Å². The Balaban J connectivity index is 1.28. The van der Waals surface area contributed by atoms with E-state index in [-0.39, 0.29) is 28.9 Å². The number of amides is 1. The predicted molar refractivity (Wildman–Crippen MR) is 106 cm³/mol. The molecule has 2 fully saturated rings. The summed E-state index contributed by atoms with van der Waals surface area (Å²) >= 11 is 0. The Morgan fingerprint density at radius 1 is 1.10 bits per heavy atom. The van der Waals surface area contributed by atoms with E-state index in [1.165, 1.54) is 3.97 Å². The van der Waals surface area contributed by atoms with E-state index in [1.807, 2.05) is 12.1 Å². The molecule has 2 saturated carbocycles. The zero-order valence-corrected chi connectivity index (χ0v) is 17.0. The lowest BCUT2D eigenvalue weighted by atomic mass is 9.96. The number of carbonyl (C=O) groups excluding carboxylic acids is 1. The van der Waals surface area contributed by atoms with Gasteiger partial charge in [-0.05, 0) is 50.7 Å². The van der Waals surface area contributed by atoms with Gasteiger partial charge >= 0.3 is 0 Å². The molecule has 9 heteroatoms. The van der Waals surface area contributed by atoms with Crippen LogP contribution < -0.4 is 11.1 Å². The first kappa shape index (κ1) is 18.9. The zero-order chi connectivity index (χ0) is 20.2. The highest BCUT2D eigenvalue weighted by atomic mass is 32.2. The lowest BCUT2D eigenvalue weighted by Gasteiger charge is -2.31. The molecule has 3 N–H and O–H groups in total. The SMILES string of the molecule is NC1CCC(S(=O)(=O)n2c3ccc2CC(NC(=O)c2cc(C4CC4)on2)C3)CC1. The van der Waals surface area contributed by atoms with Gasteiger partial charge in [-0.25, -0.2) is 12.4 Å². The second-order valence-corrected chi connectivity index (χ2v) is 10.7. The third kappa shape index (κ3) is 3.50.